The van der Waals surface area contributed by atoms with E-state index in [9.17, 15) is 0 Å². The van der Waals surface area contributed by atoms with Crippen molar-refractivity contribution in [3.63, 3.8) is 0 Å². The molecule has 1 unspecified atom stereocenters. The van der Waals surface area contributed by atoms with Gasteiger partial charge >= 0.3 is 0 Å². The molecule has 1 atom stereocenters. The molecule has 0 amide bonds. The lowest BCUT2D eigenvalue weighted by molar-refractivity contribution is 0.552. The second-order valence-electron chi connectivity index (χ2n) is 3.24. The Labute approximate surface area is 66.2 Å². The Morgan fingerprint density at radius 1 is 1.73 bits per heavy atom. The normalized spacial score (nSPS) is 23.3. The van der Waals surface area contributed by atoms with Crippen molar-refractivity contribution in [2.45, 2.75) is 25.3 Å². The molecule has 0 aromatic carbocycles. The number of fused-ring (bicyclic) bond motifs is 1. The van der Waals surface area contributed by atoms with E-state index in [-0.39, 0.29) is 0 Å². The minimum Gasteiger partial charge on any atom is -0.327 e. The first-order chi connectivity index (χ1) is 5.27. The Kier molecular flexibility index (Phi) is 1.46. The van der Waals surface area contributed by atoms with Crippen LogP contribution in [-0.4, -0.2) is 15.8 Å². The van der Waals surface area contributed by atoms with Gasteiger partial charge in [0, 0.05) is 18.8 Å². The molecule has 1 aromatic heterocycles. The van der Waals surface area contributed by atoms with Gasteiger partial charge in [0.05, 0.1) is 6.20 Å². The molecule has 0 aliphatic heterocycles. The highest BCUT2D eigenvalue weighted by Gasteiger charge is 2.17. The molecule has 0 fully saturated rings. The summed E-state index contributed by atoms with van der Waals surface area (Å²) in [6.45, 7) is 0. The Morgan fingerprint density at radius 3 is 3.36 bits per heavy atom. The molecule has 0 spiro atoms. The summed E-state index contributed by atoms with van der Waals surface area (Å²) in [5.41, 5.74) is 8.53. The highest BCUT2D eigenvalue weighted by atomic mass is 15.3. The Balaban J connectivity index is 2.36. The zero-order valence-electron chi connectivity index (χ0n) is 6.75. The van der Waals surface area contributed by atoms with Crippen LogP contribution in [0, 0.1) is 0 Å². The third-order valence-electron chi connectivity index (χ3n) is 2.38. The van der Waals surface area contributed by atoms with Gasteiger partial charge in [-0.25, -0.2) is 0 Å². The summed E-state index contributed by atoms with van der Waals surface area (Å²) in [4.78, 5) is 0. The third kappa shape index (κ3) is 1.05. The predicted octanol–water partition coefficient (Wildman–Crippen LogP) is 0.236. The summed E-state index contributed by atoms with van der Waals surface area (Å²) in [5, 5.41) is 4.19. The SMILES string of the molecule is Cn1ncc2c1CCC(N)C2. The highest BCUT2D eigenvalue weighted by molar-refractivity contribution is 5.21. The van der Waals surface area contributed by atoms with Gasteiger partial charge in [0.15, 0.2) is 0 Å². The Hall–Kier alpha value is -0.830. The number of nitrogens with two attached hydrogens (primary N) is 1. The molecule has 2 N–H and O–H groups in total. The van der Waals surface area contributed by atoms with Crippen LogP contribution in [0.4, 0.5) is 0 Å². The van der Waals surface area contributed by atoms with Crippen molar-refractivity contribution in [3.8, 4) is 0 Å². The molecule has 1 aromatic rings. The van der Waals surface area contributed by atoms with Crippen LogP contribution < -0.4 is 5.73 Å². The van der Waals surface area contributed by atoms with Gasteiger partial charge in [-0.2, -0.15) is 5.10 Å². The first-order valence-electron chi connectivity index (χ1n) is 4.02. The minimum absolute atomic E-state index is 0.353. The number of nitrogens with zero attached hydrogens (tertiary/aromatic N) is 2. The van der Waals surface area contributed by atoms with E-state index in [4.69, 9.17) is 5.73 Å². The van der Waals surface area contributed by atoms with E-state index in [1.54, 1.807) is 0 Å². The zero-order valence-corrected chi connectivity index (χ0v) is 6.75. The van der Waals surface area contributed by atoms with E-state index in [2.05, 4.69) is 5.10 Å². The monoisotopic (exact) mass is 151 g/mol. The van der Waals surface area contributed by atoms with Crippen molar-refractivity contribution in [2.24, 2.45) is 12.8 Å². The molecule has 11 heavy (non-hydrogen) atoms. The predicted molar refractivity (Wildman–Crippen MR) is 43.2 cm³/mol. The van der Waals surface area contributed by atoms with E-state index < -0.39 is 0 Å². The number of hydrogen-bond acceptors (Lipinski definition) is 2. The van der Waals surface area contributed by atoms with Gasteiger partial charge in [-0.15, -0.1) is 0 Å². The molecule has 1 aliphatic rings. The summed E-state index contributed by atoms with van der Waals surface area (Å²) >= 11 is 0. The molecule has 0 saturated heterocycles. The van der Waals surface area contributed by atoms with Gasteiger partial charge in [0.25, 0.3) is 0 Å². The topological polar surface area (TPSA) is 43.8 Å². The fourth-order valence-corrected chi connectivity index (χ4v) is 1.71. The van der Waals surface area contributed by atoms with Gasteiger partial charge in [-0.05, 0) is 24.8 Å². The lowest BCUT2D eigenvalue weighted by Gasteiger charge is -2.17. The number of aromatic nitrogens is 2. The van der Waals surface area contributed by atoms with Crippen LogP contribution in [0.3, 0.4) is 0 Å². The second kappa shape index (κ2) is 2.34. The number of aryl methyl sites for hydroxylation is 1. The standard InChI is InChI=1S/C8H13N3/c1-11-8-3-2-7(9)4-6(8)5-10-11/h5,7H,2-4,9H2,1H3. The van der Waals surface area contributed by atoms with Crippen LogP contribution in [0.15, 0.2) is 6.20 Å². The van der Waals surface area contributed by atoms with Crippen LogP contribution >= 0.6 is 0 Å². The zero-order chi connectivity index (χ0) is 7.84. The number of rotatable bonds is 0. The fourth-order valence-electron chi connectivity index (χ4n) is 1.71. The largest absolute Gasteiger partial charge is 0.327 e. The summed E-state index contributed by atoms with van der Waals surface area (Å²) in [6, 6.07) is 0.353. The molecule has 0 radical (unpaired) electrons. The van der Waals surface area contributed by atoms with Crippen LogP contribution in [0.5, 0.6) is 0 Å². The summed E-state index contributed by atoms with van der Waals surface area (Å²) in [5.74, 6) is 0. The van der Waals surface area contributed by atoms with Crippen molar-refractivity contribution in [3.05, 3.63) is 17.5 Å². The molecule has 3 nitrogen and oxygen atoms in total. The molecule has 1 aliphatic carbocycles. The maximum atomic E-state index is 5.82. The van der Waals surface area contributed by atoms with E-state index in [0.717, 1.165) is 19.3 Å². The van der Waals surface area contributed by atoms with Gasteiger partial charge in [-0.3, -0.25) is 4.68 Å². The van der Waals surface area contributed by atoms with E-state index >= 15 is 0 Å². The quantitative estimate of drug-likeness (QED) is 0.577. The fraction of sp³-hybridized carbons (Fsp3) is 0.625. The molecule has 0 bridgehead atoms. The molecular formula is C8H13N3. The van der Waals surface area contributed by atoms with Gasteiger partial charge < -0.3 is 5.73 Å². The van der Waals surface area contributed by atoms with Crippen LogP contribution in [0.1, 0.15) is 17.7 Å². The van der Waals surface area contributed by atoms with E-state index in [1.165, 1.54) is 11.3 Å². The van der Waals surface area contributed by atoms with Crippen molar-refractivity contribution >= 4 is 0 Å². The summed E-state index contributed by atoms with van der Waals surface area (Å²) < 4.78 is 1.96. The van der Waals surface area contributed by atoms with Gasteiger partial charge in [0.1, 0.15) is 0 Å². The molecule has 1 heterocycles. The van der Waals surface area contributed by atoms with Crippen molar-refractivity contribution in [2.75, 3.05) is 0 Å². The Bertz CT molecular complexity index is 264. The summed E-state index contributed by atoms with van der Waals surface area (Å²) in [6.07, 6.45) is 5.14. The average Bonchev–Trinajstić information content (AvgIpc) is 2.32. The highest BCUT2D eigenvalue weighted by Crippen LogP contribution is 2.18. The third-order valence-corrected chi connectivity index (χ3v) is 2.38. The van der Waals surface area contributed by atoms with Crippen molar-refractivity contribution in [1.82, 2.24) is 9.78 Å². The minimum atomic E-state index is 0.353. The van der Waals surface area contributed by atoms with Gasteiger partial charge in [0.2, 0.25) is 0 Å². The number of hydrogen-bond donors (Lipinski definition) is 1. The second-order valence-corrected chi connectivity index (χ2v) is 3.24. The average molecular weight is 151 g/mol. The van der Waals surface area contributed by atoms with E-state index in [0.29, 0.717) is 6.04 Å². The first-order valence-corrected chi connectivity index (χ1v) is 4.02. The smallest absolute Gasteiger partial charge is 0.0525 e. The van der Waals surface area contributed by atoms with E-state index in [1.807, 2.05) is 17.9 Å². The lowest BCUT2D eigenvalue weighted by Crippen LogP contribution is -2.28. The van der Waals surface area contributed by atoms with Crippen LogP contribution in [0.2, 0.25) is 0 Å². The lowest BCUT2D eigenvalue weighted by atomic mass is 9.94. The summed E-state index contributed by atoms with van der Waals surface area (Å²) in [7, 11) is 2.00. The maximum Gasteiger partial charge on any atom is 0.0525 e. The first kappa shape index (κ1) is 6.85. The maximum absolute atomic E-state index is 5.82. The van der Waals surface area contributed by atoms with Crippen molar-refractivity contribution < 1.29 is 0 Å². The molecular weight excluding hydrogens is 138 g/mol. The molecule has 3 heteroatoms. The molecule has 60 valence electrons. The Morgan fingerprint density at radius 2 is 2.55 bits per heavy atom. The van der Waals surface area contributed by atoms with Crippen molar-refractivity contribution in [1.29, 1.82) is 0 Å². The van der Waals surface area contributed by atoms with Crippen LogP contribution in [-0.2, 0) is 19.9 Å². The molecule has 2 rings (SSSR count). The molecule has 0 saturated carbocycles. The van der Waals surface area contributed by atoms with Gasteiger partial charge in [-0.1, -0.05) is 0 Å². The van der Waals surface area contributed by atoms with Crippen LogP contribution in [0.25, 0.3) is 0 Å².